The van der Waals surface area contributed by atoms with Crippen LogP contribution in [-0.4, -0.2) is 56.4 Å². The van der Waals surface area contributed by atoms with Crippen molar-refractivity contribution in [2.24, 2.45) is 0 Å². The molecule has 4 rings (SSSR count). The number of hydrogen-bond donors (Lipinski definition) is 2. The molecule has 2 heterocycles. The highest BCUT2D eigenvalue weighted by Crippen LogP contribution is 2.26. The van der Waals surface area contributed by atoms with Crippen LogP contribution in [0.25, 0.3) is 0 Å². The number of carbonyl (C=O) groups excluding carboxylic acids is 1. The Morgan fingerprint density at radius 3 is 2.39 bits per heavy atom. The van der Waals surface area contributed by atoms with Crippen molar-refractivity contribution in [1.29, 1.82) is 0 Å². The predicted molar refractivity (Wildman–Crippen MR) is 127 cm³/mol. The summed E-state index contributed by atoms with van der Waals surface area (Å²) in [5.74, 6) is 2.20. The van der Waals surface area contributed by atoms with Crippen molar-refractivity contribution in [3.63, 3.8) is 0 Å². The first-order chi connectivity index (χ1) is 16.1. The van der Waals surface area contributed by atoms with Crippen molar-refractivity contribution in [1.82, 2.24) is 9.97 Å². The van der Waals surface area contributed by atoms with E-state index in [0.29, 0.717) is 41.9 Å². The molecule has 9 heteroatoms. The molecule has 1 fully saturated rings. The Bertz CT molecular complexity index is 1110. The summed E-state index contributed by atoms with van der Waals surface area (Å²) in [6.07, 6.45) is 0. The Morgan fingerprint density at radius 1 is 0.970 bits per heavy atom. The summed E-state index contributed by atoms with van der Waals surface area (Å²) in [6.45, 7) is 4.96. The molecule has 0 saturated carbocycles. The molecule has 1 aromatic heterocycles. The molecule has 172 valence electrons. The average Bonchev–Trinajstić information content (AvgIpc) is 2.85. The molecular weight excluding hydrogens is 422 g/mol. The molecule has 0 atom stereocenters. The van der Waals surface area contributed by atoms with Crippen LogP contribution in [0.4, 0.5) is 23.1 Å². The lowest BCUT2D eigenvalue weighted by Crippen LogP contribution is -2.36. The molecule has 1 aliphatic heterocycles. The second kappa shape index (κ2) is 10.2. The third-order valence-electron chi connectivity index (χ3n) is 5.23. The van der Waals surface area contributed by atoms with E-state index in [1.807, 2.05) is 37.3 Å². The zero-order chi connectivity index (χ0) is 23.2. The van der Waals surface area contributed by atoms with Gasteiger partial charge in [0.15, 0.2) is 0 Å². The second-order valence-corrected chi connectivity index (χ2v) is 7.51. The maximum absolute atomic E-state index is 12.7. The number of rotatable bonds is 7. The Labute approximate surface area is 192 Å². The summed E-state index contributed by atoms with van der Waals surface area (Å²) in [5.41, 5.74) is 2.77. The largest absolute Gasteiger partial charge is 0.497 e. The minimum Gasteiger partial charge on any atom is -0.497 e. The van der Waals surface area contributed by atoms with E-state index in [-0.39, 0.29) is 5.91 Å². The zero-order valence-electron chi connectivity index (χ0n) is 18.9. The van der Waals surface area contributed by atoms with Crippen LogP contribution in [-0.2, 0) is 4.74 Å². The molecule has 9 nitrogen and oxygen atoms in total. The van der Waals surface area contributed by atoms with Crippen LogP contribution in [0.1, 0.15) is 16.1 Å². The lowest BCUT2D eigenvalue weighted by Gasteiger charge is -2.28. The number of methoxy groups -OCH3 is 2. The molecule has 1 saturated heterocycles. The quantitative estimate of drug-likeness (QED) is 0.564. The summed E-state index contributed by atoms with van der Waals surface area (Å²) in [7, 11) is 3.08. The number of ether oxygens (including phenoxy) is 3. The lowest BCUT2D eigenvalue weighted by atomic mass is 10.1. The fourth-order valence-electron chi connectivity index (χ4n) is 3.51. The van der Waals surface area contributed by atoms with E-state index in [0.717, 1.165) is 30.3 Å². The first-order valence-corrected chi connectivity index (χ1v) is 10.6. The minimum absolute atomic E-state index is 0.271. The summed E-state index contributed by atoms with van der Waals surface area (Å²) >= 11 is 0. The maximum atomic E-state index is 12.7. The molecule has 0 spiro atoms. The second-order valence-electron chi connectivity index (χ2n) is 7.51. The van der Waals surface area contributed by atoms with Crippen LogP contribution >= 0.6 is 0 Å². The van der Waals surface area contributed by atoms with Crippen LogP contribution < -0.4 is 25.0 Å². The van der Waals surface area contributed by atoms with E-state index in [4.69, 9.17) is 14.2 Å². The first-order valence-electron chi connectivity index (χ1n) is 10.6. The third-order valence-corrected chi connectivity index (χ3v) is 5.23. The van der Waals surface area contributed by atoms with Gasteiger partial charge in [-0.2, -0.15) is 4.98 Å². The van der Waals surface area contributed by atoms with Crippen molar-refractivity contribution in [3.05, 3.63) is 59.8 Å². The molecular formula is C24H27N5O4. The van der Waals surface area contributed by atoms with Gasteiger partial charge in [-0.1, -0.05) is 0 Å². The fraction of sp³-hybridized carbons (Fsp3) is 0.292. The van der Waals surface area contributed by atoms with Crippen molar-refractivity contribution < 1.29 is 19.0 Å². The van der Waals surface area contributed by atoms with Crippen LogP contribution in [0.3, 0.4) is 0 Å². The minimum atomic E-state index is -0.271. The summed E-state index contributed by atoms with van der Waals surface area (Å²) < 4.78 is 15.9. The van der Waals surface area contributed by atoms with Gasteiger partial charge in [-0.3, -0.25) is 4.79 Å². The van der Waals surface area contributed by atoms with Crippen LogP contribution in [0.5, 0.6) is 11.5 Å². The standard InChI is InChI=1S/C24H27N5O4/c1-16-14-22(29-10-12-33-13-11-29)28-24(25-16)27-18-6-4-17(5-7-18)26-23(30)20-9-8-19(31-2)15-21(20)32-3/h4-9,14-15H,10-13H2,1-3H3,(H,26,30)(H,25,27,28). The third kappa shape index (κ3) is 5.50. The fourth-order valence-corrected chi connectivity index (χ4v) is 3.51. The molecule has 0 unspecified atom stereocenters. The van der Waals surface area contributed by atoms with E-state index >= 15 is 0 Å². The number of benzene rings is 2. The molecule has 1 aliphatic rings. The Balaban J connectivity index is 1.44. The highest BCUT2D eigenvalue weighted by atomic mass is 16.5. The van der Waals surface area contributed by atoms with Crippen LogP contribution in [0.15, 0.2) is 48.5 Å². The van der Waals surface area contributed by atoms with Gasteiger partial charge in [-0.15, -0.1) is 0 Å². The number of nitrogens with zero attached hydrogens (tertiary/aromatic N) is 3. The van der Waals surface area contributed by atoms with Crippen molar-refractivity contribution in [2.45, 2.75) is 6.92 Å². The van der Waals surface area contributed by atoms with Crippen molar-refractivity contribution in [2.75, 3.05) is 56.1 Å². The molecule has 0 bridgehead atoms. The normalized spacial score (nSPS) is 13.4. The van der Waals surface area contributed by atoms with Gasteiger partial charge in [0.2, 0.25) is 5.95 Å². The van der Waals surface area contributed by atoms with Crippen molar-refractivity contribution in [3.8, 4) is 11.5 Å². The summed E-state index contributed by atoms with van der Waals surface area (Å²) in [4.78, 5) is 24.0. The number of nitrogens with one attached hydrogen (secondary N) is 2. The smallest absolute Gasteiger partial charge is 0.259 e. The SMILES string of the molecule is COc1ccc(C(=O)Nc2ccc(Nc3nc(C)cc(N4CCOCC4)n3)cc2)c(OC)c1. The van der Waals surface area contributed by atoms with Crippen LogP contribution in [0, 0.1) is 6.92 Å². The molecule has 2 N–H and O–H groups in total. The van der Waals surface area contributed by atoms with Crippen molar-refractivity contribution >= 4 is 29.0 Å². The molecule has 0 aliphatic carbocycles. The van der Waals surface area contributed by atoms with Gasteiger partial charge in [-0.25, -0.2) is 4.98 Å². The first kappa shape index (κ1) is 22.3. The number of amides is 1. The predicted octanol–water partition coefficient (Wildman–Crippen LogP) is 3.63. The number of hydrogen-bond acceptors (Lipinski definition) is 8. The topological polar surface area (TPSA) is 97.8 Å². The number of carbonyl (C=O) groups is 1. The Kier molecular flexibility index (Phi) is 6.89. The van der Waals surface area contributed by atoms with Gasteiger partial charge in [0, 0.05) is 42.3 Å². The highest BCUT2D eigenvalue weighted by Gasteiger charge is 2.15. The highest BCUT2D eigenvalue weighted by molar-refractivity contribution is 6.06. The van der Waals surface area contributed by atoms with E-state index < -0.39 is 0 Å². The van der Waals surface area contributed by atoms with E-state index in [1.54, 1.807) is 25.3 Å². The lowest BCUT2D eigenvalue weighted by molar-refractivity contribution is 0.102. The molecule has 0 radical (unpaired) electrons. The van der Waals surface area contributed by atoms with Gasteiger partial charge < -0.3 is 29.7 Å². The summed E-state index contributed by atoms with van der Waals surface area (Å²) in [5, 5.41) is 6.13. The van der Waals surface area contributed by atoms with Gasteiger partial charge in [0.05, 0.1) is 33.0 Å². The monoisotopic (exact) mass is 449 g/mol. The summed E-state index contributed by atoms with van der Waals surface area (Å²) in [6, 6.07) is 14.4. The van der Waals surface area contributed by atoms with E-state index in [2.05, 4.69) is 25.5 Å². The van der Waals surface area contributed by atoms with E-state index in [1.165, 1.54) is 7.11 Å². The maximum Gasteiger partial charge on any atom is 0.259 e. The molecule has 33 heavy (non-hydrogen) atoms. The Morgan fingerprint density at radius 2 is 1.70 bits per heavy atom. The Hall–Kier alpha value is -3.85. The van der Waals surface area contributed by atoms with Gasteiger partial charge in [-0.05, 0) is 43.3 Å². The van der Waals surface area contributed by atoms with Gasteiger partial charge >= 0.3 is 0 Å². The molecule has 1 amide bonds. The molecule has 2 aromatic carbocycles. The number of morpholine rings is 1. The van der Waals surface area contributed by atoms with Gasteiger partial charge in [0.25, 0.3) is 5.91 Å². The number of anilines is 4. The number of aromatic nitrogens is 2. The average molecular weight is 450 g/mol. The van der Waals surface area contributed by atoms with E-state index in [9.17, 15) is 4.79 Å². The van der Waals surface area contributed by atoms with Crippen LogP contribution in [0.2, 0.25) is 0 Å². The van der Waals surface area contributed by atoms with Gasteiger partial charge in [0.1, 0.15) is 17.3 Å². The molecule has 3 aromatic rings. The zero-order valence-corrected chi connectivity index (χ0v) is 18.9. The number of aryl methyl sites for hydroxylation is 1.